The monoisotopic (exact) mass is 339 g/mol. The lowest BCUT2D eigenvalue weighted by atomic mass is 10.2. The summed E-state index contributed by atoms with van der Waals surface area (Å²) >= 11 is 0. The van der Waals surface area contributed by atoms with Crippen LogP contribution in [0.3, 0.4) is 0 Å². The third-order valence-corrected chi connectivity index (χ3v) is 4.12. The van der Waals surface area contributed by atoms with Gasteiger partial charge in [-0.05, 0) is 36.4 Å². The highest BCUT2D eigenvalue weighted by atomic mass is 16.2. The van der Waals surface area contributed by atoms with Gasteiger partial charge >= 0.3 is 0 Å². The Hall–Kier alpha value is -2.82. The lowest BCUT2D eigenvalue weighted by Gasteiger charge is -2.24. The summed E-state index contributed by atoms with van der Waals surface area (Å²) < 4.78 is 0. The van der Waals surface area contributed by atoms with Crippen molar-refractivity contribution < 1.29 is 9.59 Å². The summed E-state index contributed by atoms with van der Waals surface area (Å²) in [6, 6.07) is 17.2. The Labute approximate surface area is 149 Å². The van der Waals surface area contributed by atoms with Crippen molar-refractivity contribution in [3.8, 4) is 0 Å². The highest BCUT2D eigenvalue weighted by Gasteiger charge is 2.16. The lowest BCUT2D eigenvalue weighted by molar-refractivity contribution is -0.118. The molecule has 0 aliphatic rings. The van der Waals surface area contributed by atoms with Crippen molar-refractivity contribution in [3.63, 3.8) is 0 Å². The standard InChI is InChI=1S/C20H25N3O2/c1-16(24)23(19-12-10-17(11-13-19)21(2)3)15-14-20(25)22(4)18-8-6-5-7-9-18/h5-13H,14-15H2,1-4H3. The average Bonchev–Trinajstić information content (AvgIpc) is 2.62. The van der Waals surface area contributed by atoms with Gasteiger partial charge in [-0.15, -0.1) is 0 Å². The number of rotatable bonds is 6. The topological polar surface area (TPSA) is 43.9 Å². The number of carbonyl (C=O) groups is 2. The van der Waals surface area contributed by atoms with Gasteiger partial charge in [-0.1, -0.05) is 18.2 Å². The van der Waals surface area contributed by atoms with Crippen molar-refractivity contribution in [2.75, 3.05) is 42.4 Å². The molecule has 132 valence electrons. The van der Waals surface area contributed by atoms with E-state index in [9.17, 15) is 9.59 Å². The van der Waals surface area contributed by atoms with E-state index in [0.29, 0.717) is 6.54 Å². The van der Waals surface area contributed by atoms with Crippen LogP contribution in [-0.4, -0.2) is 39.5 Å². The molecule has 0 bridgehead atoms. The van der Waals surface area contributed by atoms with Crippen LogP contribution in [0.1, 0.15) is 13.3 Å². The van der Waals surface area contributed by atoms with Crippen LogP contribution in [0.5, 0.6) is 0 Å². The van der Waals surface area contributed by atoms with Crippen molar-refractivity contribution in [2.24, 2.45) is 0 Å². The predicted molar refractivity (Wildman–Crippen MR) is 103 cm³/mol. The van der Waals surface area contributed by atoms with E-state index in [4.69, 9.17) is 0 Å². The van der Waals surface area contributed by atoms with Gasteiger partial charge in [-0.2, -0.15) is 0 Å². The molecule has 0 aliphatic heterocycles. The van der Waals surface area contributed by atoms with Crippen molar-refractivity contribution in [2.45, 2.75) is 13.3 Å². The van der Waals surface area contributed by atoms with E-state index in [-0.39, 0.29) is 18.2 Å². The quantitative estimate of drug-likeness (QED) is 0.812. The highest BCUT2D eigenvalue weighted by molar-refractivity contribution is 5.95. The maximum absolute atomic E-state index is 12.4. The van der Waals surface area contributed by atoms with Gasteiger partial charge in [-0.25, -0.2) is 0 Å². The molecular formula is C20H25N3O2. The van der Waals surface area contributed by atoms with Crippen molar-refractivity contribution >= 4 is 28.9 Å². The SMILES string of the molecule is CC(=O)N(CCC(=O)N(C)c1ccccc1)c1ccc(N(C)C)cc1. The molecule has 2 aromatic carbocycles. The number of hydrogen-bond acceptors (Lipinski definition) is 3. The molecule has 0 spiro atoms. The van der Waals surface area contributed by atoms with E-state index < -0.39 is 0 Å². The van der Waals surface area contributed by atoms with Gasteiger partial charge in [0.2, 0.25) is 11.8 Å². The van der Waals surface area contributed by atoms with Gasteiger partial charge in [0.1, 0.15) is 0 Å². The number of para-hydroxylation sites is 1. The van der Waals surface area contributed by atoms with E-state index in [2.05, 4.69) is 0 Å². The fraction of sp³-hybridized carbons (Fsp3) is 0.300. The molecular weight excluding hydrogens is 314 g/mol. The molecule has 0 aromatic heterocycles. The normalized spacial score (nSPS) is 10.2. The summed E-state index contributed by atoms with van der Waals surface area (Å²) in [7, 11) is 5.69. The van der Waals surface area contributed by atoms with Crippen LogP contribution >= 0.6 is 0 Å². The molecule has 5 heteroatoms. The zero-order chi connectivity index (χ0) is 18.4. The van der Waals surface area contributed by atoms with Crippen LogP contribution in [0.15, 0.2) is 54.6 Å². The smallest absolute Gasteiger partial charge is 0.228 e. The summed E-state index contributed by atoms with van der Waals surface area (Å²) in [5.41, 5.74) is 2.71. The van der Waals surface area contributed by atoms with Crippen LogP contribution in [0, 0.1) is 0 Å². The molecule has 5 nitrogen and oxygen atoms in total. The first kappa shape index (κ1) is 18.5. The molecule has 25 heavy (non-hydrogen) atoms. The van der Waals surface area contributed by atoms with Crippen LogP contribution in [0.2, 0.25) is 0 Å². The number of hydrogen-bond donors (Lipinski definition) is 0. The van der Waals surface area contributed by atoms with Gasteiger partial charge in [-0.3, -0.25) is 9.59 Å². The lowest BCUT2D eigenvalue weighted by Crippen LogP contribution is -2.34. The Morgan fingerprint density at radius 1 is 0.800 bits per heavy atom. The Bertz CT molecular complexity index is 711. The zero-order valence-electron chi connectivity index (χ0n) is 15.3. The fourth-order valence-corrected chi connectivity index (χ4v) is 2.57. The van der Waals surface area contributed by atoms with Gasteiger partial charge in [0.05, 0.1) is 0 Å². The van der Waals surface area contributed by atoms with Crippen LogP contribution in [-0.2, 0) is 9.59 Å². The average molecular weight is 339 g/mol. The second kappa shape index (κ2) is 8.33. The fourth-order valence-electron chi connectivity index (χ4n) is 2.57. The Morgan fingerprint density at radius 3 is 1.88 bits per heavy atom. The number of amides is 2. The summed E-state index contributed by atoms with van der Waals surface area (Å²) in [6.45, 7) is 1.87. The number of benzene rings is 2. The second-order valence-electron chi connectivity index (χ2n) is 6.12. The van der Waals surface area contributed by atoms with E-state index in [0.717, 1.165) is 17.1 Å². The Balaban J connectivity index is 2.04. The van der Waals surface area contributed by atoms with Gasteiger partial charge in [0.15, 0.2) is 0 Å². The second-order valence-corrected chi connectivity index (χ2v) is 6.12. The molecule has 0 radical (unpaired) electrons. The number of nitrogens with zero attached hydrogens (tertiary/aromatic N) is 3. The first-order valence-electron chi connectivity index (χ1n) is 8.27. The van der Waals surface area contributed by atoms with Crippen LogP contribution in [0.25, 0.3) is 0 Å². The predicted octanol–water partition coefficient (Wildman–Crippen LogP) is 3.16. The van der Waals surface area contributed by atoms with Crippen LogP contribution < -0.4 is 14.7 Å². The molecule has 0 saturated heterocycles. The molecule has 0 heterocycles. The van der Waals surface area contributed by atoms with Crippen molar-refractivity contribution in [1.29, 1.82) is 0 Å². The van der Waals surface area contributed by atoms with E-state index in [1.807, 2.05) is 73.6 Å². The Morgan fingerprint density at radius 2 is 1.36 bits per heavy atom. The minimum atomic E-state index is -0.0761. The van der Waals surface area contributed by atoms with Crippen LogP contribution in [0.4, 0.5) is 17.1 Å². The minimum absolute atomic E-state index is 0.0256. The first-order chi connectivity index (χ1) is 11.9. The summed E-state index contributed by atoms with van der Waals surface area (Å²) in [6.07, 6.45) is 0.264. The van der Waals surface area contributed by atoms with Gasteiger partial charge in [0.25, 0.3) is 0 Å². The summed E-state index contributed by atoms with van der Waals surface area (Å²) in [5, 5.41) is 0. The van der Waals surface area contributed by atoms with Gasteiger partial charge in [0, 0.05) is 58.1 Å². The summed E-state index contributed by atoms with van der Waals surface area (Å²) in [4.78, 5) is 29.7. The molecule has 0 atom stereocenters. The molecule has 0 unspecified atom stereocenters. The molecule has 2 aromatic rings. The molecule has 0 aliphatic carbocycles. The third kappa shape index (κ3) is 4.83. The molecule has 0 N–H and O–H groups in total. The zero-order valence-corrected chi connectivity index (χ0v) is 15.3. The minimum Gasteiger partial charge on any atom is -0.378 e. The molecule has 0 saturated carbocycles. The molecule has 2 rings (SSSR count). The Kier molecular flexibility index (Phi) is 6.17. The first-order valence-corrected chi connectivity index (χ1v) is 8.27. The maximum Gasteiger partial charge on any atom is 0.228 e. The molecule has 2 amide bonds. The number of carbonyl (C=O) groups excluding carboxylic acids is 2. The highest BCUT2D eigenvalue weighted by Crippen LogP contribution is 2.20. The maximum atomic E-state index is 12.4. The third-order valence-electron chi connectivity index (χ3n) is 4.12. The van der Waals surface area contributed by atoms with E-state index >= 15 is 0 Å². The van der Waals surface area contributed by atoms with E-state index in [1.54, 1.807) is 16.8 Å². The van der Waals surface area contributed by atoms with E-state index in [1.165, 1.54) is 6.92 Å². The number of anilines is 3. The van der Waals surface area contributed by atoms with Gasteiger partial charge < -0.3 is 14.7 Å². The molecule has 0 fully saturated rings. The summed E-state index contributed by atoms with van der Waals surface area (Å²) in [5.74, 6) is -0.102. The van der Waals surface area contributed by atoms with Crippen molar-refractivity contribution in [1.82, 2.24) is 0 Å². The largest absolute Gasteiger partial charge is 0.378 e. The van der Waals surface area contributed by atoms with Crippen molar-refractivity contribution in [3.05, 3.63) is 54.6 Å².